The van der Waals surface area contributed by atoms with Gasteiger partial charge in [0.1, 0.15) is 22.3 Å². The number of nitrogens with zero attached hydrogens (tertiary/aromatic N) is 6. The first-order valence-corrected chi connectivity index (χ1v) is 29.5. The predicted octanol–water partition coefficient (Wildman–Crippen LogP) is 18.9. The third-order valence-electron chi connectivity index (χ3n) is 19.2. The molecular formula is C76H52N6O2. The fourth-order valence-electron chi connectivity index (χ4n) is 15.6. The van der Waals surface area contributed by atoms with E-state index < -0.39 is 0 Å². The van der Waals surface area contributed by atoms with Crippen LogP contribution in [0, 0.1) is 23.7 Å². The van der Waals surface area contributed by atoms with Crippen LogP contribution in [0.1, 0.15) is 43.2 Å². The van der Waals surface area contributed by atoms with Gasteiger partial charge in [-0.1, -0.05) is 176 Å². The molecule has 5 aliphatic carbocycles. The van der Waals surface area contributed by atoms with Crippen LogP contribution in [-0.2, 0) is 5.41 Å². The second-order valence-electron chi connectivity index (χ2n) is 23.8. The molecule has 0 radical (unpaired) electrons. The van der Waals surface area contributed by atoms with E-state index in [-0.39, 0.29) is 5.41 Å². The largest absolute Gasteiger partial charge is 0.456 e. The fraction of sp³-hybridized carbons (Fsp3) is 0.132. The highest BCUT2D eigenvalue weighted by Crippen LogP contribution is 2.69. The zero-order valence-corrected chi connectivity index (χ0v) is 45.8. The molecule has 4 saturated carbocycles. The normalized spacial score (nSPS) is 19.2. The van der Waals surface area contributed by atoms with E-state index in [1.165, 1.54) is 65.5 Å². The first kappa shape index (κ1) is 47.5. The van der Waals surface area contributed by atoms with Crippen molar-refractivity contribution >= 4 is 43.9 Å². The minimum absolute atomic E-state index is 0.0378. The summed E-state index contributed by atoms with van der Waals surface area (Å²) in [5.41, 5.74) is 19.1. The highest BCUT2D eigenvalue weighted by Gasteiger charge is 2.61. The maximum Gasteiger partial charge on any atom is 0.164 e. The van der Waals surface area contributed by atoms with Crippen molar-refractivity contribution in [2.75, 3.05) is 0 Å². The van der Waals surface area contributed by atoms with Crippen LogP contribution in [0.15, 0.2) is 239 Å². The lowest BCUT2D eigenvalue weighted by Gasteiger charge is -2.61. The summed E-state index contributed by atoms with van der Waals surface area (Å²) in [6.45, 7) is 0. The smallest absolute Gasteiger partial charge is 0.164 e. The molecule has 0 N–H and O–H groups in total. The average molecular weight is 1080 g/mol. The lowest BCUT2D eigenvalue weighted by atomic mass is 9.43. The number of benzene rings is 10. The molecule has 14 aromatic rings. The van der Waals surface area contributed by atoms with Crippen molar-refractivity contribution < 1.29 is 8.83 Å². The quantitative estimate of drug-likeness (QED) is 0.148. The van der Waals surface area contributed by atoms with E-state index in [4.69, 9.17) is 38.7 Å². The van der Waals surface area contributed by atoms with Crippen LogP contribution in [0.4, 0.5) is 0 Å². The van der Waals surface area contributed by atoms with E-state index in [0.29, 0.717) is 46.8 Å². The Kier molecular flexibility index (Phi) is 10.4. The number of hydrogen-bond donors (Lipinski definition) is 0. The van der Waals surface area contributed by atoms with Crippen LogP contribution in [0.25, 0.3) is 146 Å². The molecule has 10 aromatic carbocycles. The molecule has 4 aromatic heterocycles. The van der Waals surface area contributed by atoms with Gasteiger partial charge in [-0.15, -0.1) is 0 Å². The van der Waals surface area contributed by atoms with Gasteiger partial charge in [0.2, 0.25) is 0 Å². The van der Waals surface area contributed by atoms with Gasteiger partial charge in [-0.2, -0.15) is 0 Å². The summed E-state index contributed by atoms with van der Waals surface area (Å²) in [5.74, 6) is 6.61. The van der Waals surface area contributed by atoms with Crippen molar-refractivity contribution in [2.24, 2.45) is 23.7 Å². The summed E-state index contributed by atoms with van der Waals surface area (Å²) in [6.07, 6.45) is 6.61. The Morgan fingerprint density at radius 1 is 0.262 bits per heavy atom. The summed E-state index contributed by atoms with van der Waals surface area (Å²) in [6, 6.07) is 81.4. The molecule has 4 bridgehead atoms. The van der Waals surface area contributed by atoms with Gasteiger partial charge < -0.3 is 8.83 Å². The topological polar surface area (TPSA) is 104 Å². The third-order valence-corrected chi connectivity index (χ3v) is 19.2. The molecule has 8 heteroatoms. The molecule has 0 unspecified atom stereocenters. The minimum Gasteiger partial charge on any atom is -0.456 e. The summed E-state index contributed by atoms with van der Waals surface area (Å²) >= 11 is 0. The zero-order chi connectivity index (χ0) is 55.0. The maximum absolute atomic E-state index is 6.36. The average Bonchev–Trinajstić information content (AvgIpc) is 1.89. The van der Waals surface area contributed by atoms with Crippen LogP contribution < -0.4 is 0 Å². The van der Waals surface area contributed by atoms with Gasteiger partial charge in [0.15, 0.2) is 34.9 Å². The Hall–Kier alpha value is -10.2. The molecule has 398 valence electrons. The highest BCUT2D eigenvalue weighted by atomic mass is 16.3. The van der Waals surface area contributed by atoms with Gasteiger partial charge in [-0.25, -0.2) is 29.9 Å². The van der Waals surface area contributed by atoms with Gasteiger partial charge in [-0.3, -0.25) is 0 Å². The van der Waals surface area contributed by atoms with E-state index in [2.05, 4.69) is 146 Å². The van der Waals surface area contributed by atoms with Gasteiger partial charge in [0.25, 0.3) is 0 Å². The lowest BCUT2D eigenvalue weighted by Crippen LogP contribution is -2.55. The van der Waals surface area contributed by atoms with E-state index in [0.717, 1.165) is 100 Å². The van der Waals surface area contributed by atoms with Gasteiger partial charge in [-0.05, 0) is 155 Å². The summed E-state index contributed by atoms with van der Waals surface area (Å²) in [5, 5.41) is 4.32. The zero-order valence-electron chi connectivity index (χ0n) is 45.8. The van der Waals surface area contributed by atoms with Crippen LogP contribution in [0.5, 0.6) is 0 Å². The van der Waals surface area contributed by atoms with E-state index >= 15 is 0 Å². The summed E-state index contributed by atoms with van der Waals surface area (Å²) in [4.78, 5) is 30.9. The molecule has 5 aliphatic rings. The molecule has 0 aliphatic heterocycles. The number of hydrogen-bond acceptors (Lipinski definition) is 8. The Morgan fingerprint density at radius 2 is 0.655 bits per heavy atom. The van der Waals surface area contributed by atoms with Gasteiger partial charge in [0.05, 0.1) is 0 Å². The van der Waals surface area contributed by atoms with Gasteiger partial charge in [0, 0.05) is 60.3 Å². The van der Waals surface area contributed by atoms with Crippen molar-refractivity contribution in [1.29, 1.82) is 0 Å². The van der Waals surface area contributed by atoms with Crippen molar-refractivity contribution in [3.63, 3.8) is 0 Å². The maximum atomic E-state index is 6.36. The molecular weight excluding hydrogens is 1030 g/mol. The molecule has 19 rings (SSSR count). The molecule has 0 amide bonds. The standard InChI is InChI=1S/C76H52N6O2/c1-3-12-48(13-4-1)70-77-72(81-74(79-70)54-27-31-61-59-18-7-9-20-66(59)83-68(61)42-54)52-17-11-16-50(39-52)46-22-24-47(25-23-46)51-26-30-58-63-40-53(29-33-64(63)76(65(58)41-51)56-35-44-34-45(37-56)38-57(76)36-44)73-78-71(49-14-5-2-6-15-49)80-75(82-73)55-28-32-62-60-19-8-10-21-67(60)84-69(62)43-55/h1-33,39-45,56-57H,34-38H2. The Balaban J connectivity index is 0.706. The summed E-state index contributed by atoms with van der Waals surface area (Å²) < 4.78 is 12.7. The molecule has 4 fully saturated rings. The Morgan fingerprint density at radius 3 is 1.19 bits per heavy atom. The second kappa shape index (κ2) is 18.4. The summed E-state index contributed by atoms with van der Waals surface area (Å²) in [7, 11) is 0. The van der Waals surface area contributed by atoms with Crippen LogP contribution in [-0.4, -0.2) is 29.9 Å². The van der Waals surface area contributed by atoms with Crippen LogP contribution >= 0.6 is 0 Å². The van der Waals surface area contributed by atoms with Crippen LogP contribution in [0.3, 0.4) is 0 Å². The minimum atomic E-state index is -0.0378. The number of fused-ring (bicyclic) bond motifs is 9. The van der Waals surface area contributed by atoms with Gasteiger partial charge >= 0.3 is 0 Å². The SMILES string of the molecule is c1ccc(-c2nc(-c3cccc(-c4ccc(-c5ccc6c(c5)C5(c7ccc(-c8nc(-c9ccccc9)nc(-c9ccc%10c(c9)oc9ccccc9%10)n8)cc7-6)C6CC7CC(C6)CC5C7)cc4)c3)nc(-c3ccc4c(c3)oc3ccccc34)n2)cc1. The number of furan rings is 2. The number of rotatable bonds is 8. The predicted molar refractivity (Wildman–Crippen MR) is 335 cm³/mol. The molecule has 8 nitrogen and oxygen atoms in total. The molecule has 1 spiro atoms. The third kappa shape index (κ3) is 7.45. The second-order valence-corrected chi connectivity index (χ2v) is 23.8. The Bertz CT molecular complexity index is 4960. The fourth-order valence-corrected chi connectivity index (χ4v) is 15.6. The van der Waals surface area contributed by atoms with Crippen molar-refractivity contribution in [3.05, 3.63) is 242 Å². The Labute approximate surface area is 484 Å². The first-order chi connectivity index (χ1) is 41.5. The van der Waals surface area contributed by atoms with Crippen LogP contribution in [0.2, 0.25) is 0 Å². The number of para-hydroxylation sites is 2. The number of aromatic nitrogens is 6. The highest BCUT2D eigenvalue weighted by molar-refractivity contribution is 6.07. The van der Waals surface area contributed by atoms with Crippen molar-refractivity contribution in [1.82, 2.24) is 29.9 Å². The van der Waals surface area contributed by atoms with E-state index in [9.17, 15) is 0 Å². The van der Waals surface area contributed by atoms with E-state index in [1.54, 1.807) is 0 Å². The van der Waals surface area contributed by atoms with E-state index in [1.807, 2.05) is 84.9 Å². The monoisotopic (exact) mass is 1080 g/mol. The molecule has 4 heterocycles. The molecule has 0 saturated heterocycles. The first-order valence-electron chi connectivity index (χ1n) is 29.5. The molecule has 84 heavy (non-hydrogen) atoms. The molecule has 0 atom stereocenters. The lowest BCUT2D eigenvalue weighted by molar-refractivity contribution is -0.0399. The van der Waals surface area contributed by atoms with Crippen molar-refractivity contribution in [2.45, 2.75) is 37.5 Å². The van der Waals surface area contributed by atoms with Crippen molar-refractivity contribution in [3.8, 4) is 102 Å².